The third kappa shape index (κ3) is 4.71. The first-order chi connectivity index (χ1) is 9.08. The lowest BCUT2D eigenvalue weighted by molar-refractivity contribution is -0.384. The highest BCUT2D eigenvalue weighted by Gasteiger charge is 2.12. The van der Waals surface area contributed by atoms with Crippen LogP contribution in [0, 0.1) is 10.1 Å². The van der Waals surface area contributed by atoms with Gasteiger partial charge in [-0.15, -0.1) is 0 Å². The molecule has 0 aliphatic carbocycles. The van der Waals surface area contributed by atoms with Crippen LogP contribution in [-0.2, 0) is 6.54 Å². The molecule has 0 aliphatic rings. The van der Waals surface area contributed by atoms with Gasteiger partial charge in [-0.3, -0.25) is 10.1 Å². The molecular formula is C14H20N2O3. The van der Waals surface area contributed by atoms with Crippen molar-refractivity contribution in [2.45, 2.75) is 32.9 Å². The van der Waals surface area contributed by atoms with E-state index in [1.54, 1.807) is 18.2 Å². The van der Waals surface area contributed by atoms with Gasteiger partial charge in [-0.1, -0.05) is 19.6 Å². The van der Waals surface area contributed by atoms with Crippen molar-refractivity contribution in [1.82, 2.24) is 5.32 Å². The van der Waals surface area contributed by atoms with E-state index in [9.17, 15) is 10.1 Å². The molecule has 19 heavy (non-hydrogen) atoms. The van der Waals surface area contributed by atoms with Gasteiger partial charge in [0.2, 0.25) is 0 Å². The maximum absolute atomic E-state index is 10.8. The smallest absolute Gasteiger partial charge is 0.270 e. The highest BCUT2D eigenvalue weighted by Crippen LogP contribution is 2.25. The first-order valence-corrected chi connectivity index (χ1v) is 6.35. The minimum atomic E-state index is -0.399. The summed E-state index contributed by atoms with van der Waals surface area (Å²) >= 11 is 0. The fourth-order valence-electron chi connectivity index (χ4n) is 1.58. The van der Waals surface area contributed by atoms with Gasteiger partial charge >= 0.3 is 0 Å². The van der Waals surface area contributed by atoms with Crippen molar-refractivity contribution in [1.29, 1.82) is 0 Å². The average molecular weight is 264 g/mol. The summed E-state index contributed by atoms with van der Waals surface area (Å²) in [5.41, 5.74) is 0.864. The summed E-state index contributed by atoms with van der Waals surface area (Å²) in [5.74, 6) is 0.654. The second-order valence-electron chi connectivity index (χ2n) is 4.28. The molecule has 0 aliphatic heterocycles. The second kappa shape index (κ2) is 7.53. The highest BCUT2D eigenvalue weighted by molar-refractivity contribution is 5.44. The molecule has 5 nitrogen and oxygen atoms in total. The molecule has 1 unspecified atom stereocenters. The second-order valence-corrected chi connectivity index (χ2v) is 4.28. The van der Waals surface area contributed by atoms with Crippen LogP contribution in [0.1, 0.15) is 25.8 Å². The monoisotopic (exact) mass is 264 g/mol. The molecule has 1 N–H and O–H groups in total. The fraction of sp³-hybridized carbons (Fsp3) is 0.429. The molecule has 1 rings (SSSR count). The molecule has 0 saturated carbocycles. The maximum Gasteiger partial charge on any atom is 0.270 e. The van der Waals surface area contributed by atoms with Gasteiger partial charge in [-0.05, 0) is 26.0 Å². The lowest BCUT2D eigenvalue weighted by atomic mass is 10.1. The summed E-state index contributed by atoms with van der Waals surface area (Å²) in [5, 5.41) is 14.0. The van der Waals surface area contributed by atoms with E-state index in [-0.39, 0.29) is 11.8 Å². The number of benzene rings is 1. The normalized spacial score (nSPS) is 11.9. The van der Waals surface area contributed by atoms with E-state index in [1.165, 1.54) is 6.07 Å². The van der Waals surface area contributed by atoms with Gasteiger partial charge in [0.05, 0.1) is 4.92 Å². The number of hydrogen-bond donors (Lipinski definition) is 1. The maximum atomic E-state index is 10.8. The van der Waals surface area contributed by atoms with Gasteiger partial charge in [-0.2, -0.15) is 0 Å². The van der Waals surface area contributed by atoms with Crippen molar-refractivity contribution in [2.24, 2.45) is 0 Å². The third-order valence-corrected chi connectivity index (χ3v) is 2.64. The Kier molecular flexibility index (Phi) is 6.02. The average Bonchev–Trinajstić information content (AvgIpc) is 2.40. The predicted molar refractivity (Wildman–Crippen MR) is 75.4 cm³/mol. The summed E-state index contributed by atoms with van der Waals surface area (Å²) in [6.07, 6.45) is 2.56. The molecule has 1 aromatic rings. The van der Waals surface area contributed by atoms with Crippen molar-refractivity contribution in [3.8, 4) is 5.75 Å². The largest absolute Gasteiger partial charge is 0.486 e. The van der Waals surface area contributed by atoms with Crippen LogP contribution < -0.4 is 10.1 Å². The minimum absolute atomic E-state index is 0.0758. The predicted octanol–water partition coefficient (Wildman–Crippen LogP) is 3.05. The van der Waals surface area contributed by atoms with Crippen molar-refractivity contribution in [3.05, 3.63) is 46.5 Å². The van der Waals surface area contributed by atoms with Crippen molar-refractivity contribution < 1.29 is 9.66 Å². The number of nitro groups is 1. The molecule has 0 saturated heterocycles. The Morgan fingerprint density at radius 2 is 2.32 bits per heavy atom. The van der Waals surface area contributed by atoms with Gasteiger partial charge in [0.25, 0.3) is 5.69 Å². The number of nitrogens with one attached hydrogen (secondary N) is 1. The number of non-ortho nitro benzene ring substituents is 1. The first kappa shape index (κ1) is 15.2. The van der Waals surface area contributed by atoms with Crippen molar-refractivity contribution in [2.75, 3.05) is 6.54 Å². The Hall–Kier alpha value is -1.88. The SMILES string of the molecule is C=CC(C)Oc1ccc([N+](=O)[O-])cc1CNCCC. The molecule has 0 heterocycles. The number of nitrogens with zero attached hydrogens (tertiary/aromatic N) is 1. The van der Waals surface area contributed by atoms with Gasteiger partial charge in [0.1, 0.15) is 11.9 Å². The Morgan fingerprint density at radius 3 is 2.89 bits per heavy atom. The number of hydrogen-bond acceptors (Lipinski definition) is 4. The van der Waals surface area contributed by atoms with Crippen LogP contribution in [0.2, 0.25) is 0 Å². The van der Waals surface area contributed by atoms with E-state index in [4.69, 9.17) is 4.74 Å². The number of ether oxygens (including phenoxy) is 1. The zero-order valence-corrected chi connectivity index (χ0v) is 11.4. The third-order valence-electron chi connectivity index (χ3n) is 2.64. The molecule has 104 valence electrons. The van der Waals surface area contributed by atoms with Gasteiger partial charge in [0, 0.05) is 24.2 Å². The van der Waals surface area contributed by atoms with Crippen LogP contribution in [0.15, 0.2) is 30.9 Å². The Morgan fingerprint density at radius 1 is 1.58 bits per heavy atom. The van der Waals surface area contributed by atoms with Gasteiger partial charge in [-0.25, -0.2) is 0 Å². The van der Waals surface area contributed by atoms with E-state index < -0.39 is 4.92 Å². The van der Waals surface area contributed by atoms with Crippen LogP contribution in [0.3, 0.4) is 0 Å². The van der Waals surface area contributed by atoms with Crippen LogP contribution in [0.25, 0.3) is 0 Å². The van der Waals surface area contributed by atoms with E-state index in [0.717, 1.165) is 18.5 Å². The van der Waals surface area contributed by atoms with Crippen LogP contribution in [-0.4, -0.2) is 17.6 Å². The molecule has 5 heteroatoms. The minimum Gasteiger partial charge on any atom is -0.486 e. The summed E-state index contributed by atoms with van der Waals surface area (Å²) in [6.45, 7) is 9.01. The topological polar surface area (TPSA) is 64.4 Å². The lowest BCUT2D eigenvalue weighted by Gasteiger charge is -2.15. The molecule has 1 atom stereocenters. The zero-order chi connectivity index (χ0) is 14.3. The molecular weight excluding hydrogens is 244 g/mol. The molecule has 1 aromatic carbocycles. The first-order valence-electron chi connectivity index (χ1n) is 6.35. The Bertz CT molecular complexity index is 446. The van der Waals surface area contributed by atoms with Crippen LogP contribution in [0.4, 0.5) is 5.69 Å². The fourth-order valence-corrected chi connectivity index (χ4v) is 1.58. The quantitative estimate of drug-likeness (QED) is 0.339. The van der Waals surface area contributed by atoms with Crippen molar-refractivity contribution >= 4 is 5.69 Å². The zero-order valence-electron chi connectivity index (χ0n) is 11.4. The Balaban J connectivity index is 2.93. The summed E-state index contributed by atoms with van der Waals surface area (Å²) < 4.78 is 5.68. The molecule has 0 amide bonds. The highest BCUT2D eigenvalue weighted by atomic mass is 16.6. The number of rotatable bonds is 8. The number of nitro benzene ring substituents is 1. The molecule has 0 aromatic heterocycles. The summed E-state index contributed by atoms with van der Waals surface area (Å²) in [4.78, 5) is 10.4. The summed E-state index contributed by atoms with van der Waals surface area (Å²) in [6, 6.07) is 4.64. The van der Waals surface area contributed by atoms with Crippen LogP contribution >= 0.6 is 0 Å². The van der Waals surface area contributed by atoms with E-state index in [2.05, 4.69) is 18.8 Å². The Labute approximate surface area is 113 Å². The molecule has 0 radical (unpaired) electrons. The molecule has 0 spiro atoms. The van der Waals surface area contributed by atoms with Crippen LogP contribution in [0.5, 0.6) is 5.75 Å². The van der Waals surface area contributed by atoms with E-state index in [1.807, 2.05) is 6.92 Å². The van der Waals surface area contributed by atoms with Gasteiger partial charge in [0.15, 0.2) is 0 Å². The molecule has 0 fully saturated rings. The van der Waals surface area contributed by atoms with E-state index in [0.29, 0.717) is 12.3 Å². The summed E-state index contributed by atoms with van der Waals surface area (Å²) in [7, 11) is 0. The van der Waals surface area contributed by atoms with E-state index >= 15 is 0 Å². The van der Waals surface area contributed by atoms with Gasteiger partial charge < -0.3 is 10.1 Å². The molecule has 0 bridgehead atoms. The standard InChI is InChI=1S/C14H20N2O3/c1-4-8-15-10-12-9-13(16(17)18)6-7-14(12)19-11(3)5-2/h5-7,9,11,15H,2,4,8,10H2,1,3H3. The lowest BCUT2D eigenvalue weighted by Crippen LogP contribution is -2.16. The van der Waals surface area contributed by atoms with Crippen molar-refractivity contribution in [3.63, 3.8) is 0 Å².